The Balaban J connectivity index is 0.00000128. The largest absolute Gasteiger partial charge is 1.00 e. The fraction of sp³-hybridized carbons (Fsp3) is 0. The van der Waals surface area contributed by atoms with Gasteiger partial charge in [-0.05, 0) is 22.9 Å². The fourth-order valence-electron chi connectivity index (χ4n) is 1.40. The summed E-state index contributed by atoms with van der Waals surface area (Å²) in [5.41, 5.74) is 0.344. The van der Waals surface area contributed by atoms with Crippen LogP contribution in [-0.2, 0) is 10.3 Å². The Labute approximate surface area is 117 Å². The molecule has 2 aromatic carbocycles. The molecule has 0 saturated heterocycles. The summed E-state index contributed by atoms with van der Waals surface area (Å²) in [5.74, 6) is 0. The molecule has 0 heterocycles. The molecule has 0 fully saturated rings. The Kier molecular flexibility index (Phi) is 4.35. The topological polar surface area (TPSA) is 66.4 Å². The Hall–Kier alpha value is -0.590. The molecular weight excluding hydrogens is 237 g/mol. The van der Waals surface area contributed by atoms with E-state index in [1.165, 1.54) is 0 Å². The maximum absolute atomic E-state index is 10.6. The van der Waals surface area contributed by atoms with E-state index in [2.05, 4.69) is 0 Å². The molecule has 0 bridgehead atoms. The fourth-order valence-corrected chi connectivity index (χ4v) is 1.83. The van der Waals surface area contributed by atoms with E-state index in [1.807, 2.05) is 29.0 Å². The summed E-state index contributed by atoms with van der Waals surface area (Å²) < 4.78 is 31.8. The number of benzene rings is 2. The smallest absolute Gasteiger partial charge is 1.00 e. The zero-order valence-corrected chi connectivity index (χ0v) is 11.5. The zero-order chi connectivity index (χ0) is 10.9. The molecule has 0 amide bonds. The summed E-state index contributed by atoms with van der Waals surface area (Å²) in [6, 6.07) is 12.6. The van der Waals surface area contributed by atoms with Gasteiger partial charge >= 0.3 is 39.9 Å². The summed E-state index contributed by atoms with van der Waals surface area (Å²) in [5, 5.41) is 1.92. The van der Waals surface area contributed by atoms with Crippen LogP contribution in [0.15, 0.2) is 42.5 Å². The van der Waals surface area contributed by atoms with Crippen LogP contribution in [0.1, 0.15) is 1.43 Å². The average Bonchev–Trinajstić information content (AvgIpc) is 2.15. The predicted octanol–water partition coefficient (Wildman–Crippen LogP) is -0.829. The minimum atomic E-state index is -4.20. The van der Waals surface area contributed by atoms with Crippen molar-refractivity contribution >= 4 is 26.8 Å². The van der Waals surface area contributed by atoms with Gasteiger partial charge in [-0.1, -0.05) is 30.3 Å². The molecule has 2 N–H and O–H groups in total. The Morgan fingerprint density at radius 2 is 1.69 bits per heavy atom. The Bertz CT molecular complexity index is 603. The van der Waals surface area contributed by atoms with Crippen molar-refractivity contribution in [2.24, 2.45) is 0 Å². The van der Waals surface area contributed by atoms with Crippen LogP contribution in [0.25, 0.3) is 10.8 Å². The molecule has 0 aliphatic carbocycles. The van der Waals surface area contributed by atoms with Crippen LogP contribution < -0.4 is 34.3 Å². The molecule has 4 nitrogen and oxygen atoms in total. The number of hydrogen-bond donors (Lipinski definition) is 2. The van der Waals surface area contributed by atoms with E-state index in [4.69, 9.17) is 4.55 Å². The van der Waals surface area contributed by atoms with Crippen LogP contribution in [0.3, 0.4) is 0 Å². The van der Waals surface area contributed by atoms with Gasteiger partial charge in [0.05, 0.1) is 5.69 Å². The van der Waals surface area contributed by atoms with Gasteiger partial charge in [-0.25, -0.2) is 0 Å². The van der Waals surface area contributed by atoms with Crippen LogP contribution in [0.4, 0.5) is 5.69 Å². The number of rotatable bonds is 2. The average molecular weight is 247 g/mol. The second-order valence-electron chi connectivity index (χ2n) is 3.14. The van der Waals surface area contributed by atoms with Crippen LogP contribution in [0.5, 0.6) is 0 Å². The minimum absolute atomic E-state index is 0. The molecule has 0 unspecified atom stereocenters. The van der Waals surface area contributed by atoms with Crippen LogP contribution in [0, 0.1) is 0 Å². The van der Waals surface area contributed by atoms with Crippen molar-refractivity contribution in [1.29, 1.82) is 0 Å². The van der Waals surface area contributed by atoms with Crippen LogP contribution >= 0.6 is 0 Å². The molecule has 80 valence electrons. The summed E-state index contributed by atoms with van der Waals surface area (Å²) in [6.45, 7) is 0. The van der Waals surface area contributed by atoms with Crippen molar-refractivity contribution in [2.75, 3.05) is 4.72 Å². The molecule has 6 heteroatoms. The van der Waals surface area contributed by atoms with Crippen molar-refractivity contribution in [3.8, 4) is 0 Å². The molecular formula is C10H10NNaO3S. The zero-order valence-electron chi connectivity index (χ0n) is 9.71. The number of nitrogens with one attached hydrogen (secondary N) is 1. The van der Waals surface area contributed by atoms with Gasteiger partial charge in [0.25, 0.3) is 0 Å². The van der Waals surface area contributed by atoms with Gasteiger partial charge in [-0.2, -0.15) is 8.42 Å². The molecule has 0 spiro atoms. The van der Waals surface area contributed by atoms with Gasteiger partial charge in [0, 0.05) is 0 Å². The third-order valence-corrected chi connectivity index (χ3v) is 2.49. The molecule has 2 rings (SSSR count). The van der Waals surface area contributed by atoms with Crippen LogP contribution in [-0.4, -0.2) is 13.0 Å². The van der Waals surface area contributed by atoms with Gasteiger partial charge < -0.3 is 1.43 Å². The first-order chi connectivity index (χ1) is 7.04. The van der Waals surface area contributed by atoms with Crippen molar-refractivity contribution in [3.05, 3.63) is 42.5 Å². The van der Waals surface area contributed by atoms with E-state index >= 15 is 0 Å². The van der Waals surface area contributed by atoms with Gasteiger partial charge in [0.2, 0.25) is 0 Å². The first-order valence-corrected chi connectivity index (χ1v) is 5.73. The standard InChI is InChI=1S/C10H9NO3S.Na.H/c12-15(13,14)11-10-6-5-8-3-1-2-4-9(8)7-10;;/h1-7,11H,(H,12,13,14);;/q;+1;-1. The van der Waals surface area contributed by atoms with Crippen LogP contribution in [0.2, 0.25) is 0 Å². The first-order valence-electron chi connectivity index (χ1n) is 4.29. The molecule has 0 aliphatic heterocycles. The van der Waals surface area contributed by atoms with E-state index in [0.717, 1.165) is 10.8 Å². The van der Waals surface area contributed by atoms with E-state index < -0.39 is 10.3 Å². The third-order valence-electron chi connectivity index (χ3n) is 2.00. The van der Waals surface area contributed by atoms with E-state index in [0.29, 0.717) is 5.69 Å². The maximum atomic E-state index is 10.6. The van der Waals surface area contributed by atoms with Crippen molar-refractivity contribution in [2.45, 2.75) is 0 Å². The van der Waals surface area contributed by atoms with E-state index in [-0.39, 0.29) is 31.0 Å². The normalized spacial score (nSPS) is 10.8. The minimum Gasteiger partial charge on any atom is -1.00 e. The molecule has 0 atom stereocenters. The molecule has 0 aromatic heterocycles. The maximum Gasteiger partial charge on any atom is 1.00 e. The van der Waals surface area contributed by atoms with E-state index in [1.54, 1.807) is 18.2 Å². The number of hydrogen-bond acceptors (Lipinski definition) is 2. The van der Waals surface area contributed by atoms with E-state index in [9.17, 15) is 8.42 Å². The first kappa shape index (κ1) is 13.5. The molecule has 0 aliphatic rings. The molecule has 2 aromatic rings. The predicted molar refractivity (Wildman–Crippen MR) is 60.2 cm³/mol. The SMILES string of the molecule is O=S(=O)(O)Nc1ccc2ccccc2c1.[H-].[Na+]. The van der Waals surface area contributed by atoms with Gasteiger partial charge in [0.1, 0.15) is 0 Å². The quantitative estimate of drug-likeness (QED) is 0.538. The molecule has 0 radical (unpaired) electrons. The van der Waals surface area contributed by atoms with Crippen molar-refractivity contribution in [1.82, 2.24) is 0 Å². The Morgan fingerprint density at radius 1 is 1.06 bits per heavy atom. The summed E-state index contributed by atoms with van der Waals surface area (Å²) in [6.07, 6.45) is 0. The Morgan fingerprint density at radius 3 is 2.31 bits per heavy atom. The second kappa shape index (κ2) is 5.16. The summed E-state index contributed by atoms with van der Waals surface area (Å²) >= 11 is 0. The number of anilines is 1. The molecule has 16 heavy (non-hydrogen) atoms. The molecule has 0 saturated carbocycles. The van der Waals surface area contributed by atoms with Gasteiger partial charge in [-0.3, -0.25) is 9.27 Å². The summed E-state index contributed by atoms with van der Waals surface area (Å²) in [4.78, 5) is 0. The third kappa shape index (κ3) is 3.47. The van der Waals surface area contributed by atoms with Gasteiger partial charge in [-0.15, -0.1) is 0 Å². The monoisotopic (exact) mass is 247 g/mol. The second-order valence-corrected chi connectivity index (χ2v) is 4.29. The summed E-state index contributed by atoms with van der Waals surface area (Å²) in [7, 11) is -4.20. The van der Waals surface area contributed by atoms with Gasteiger partial charge in [0.15, 0.2) is 0 Å². The van der Waals surface area contributed by atoms with Crippen molar-refractivity contribution in [3.63, 3.8) is 0 Å². The number of fused-ring (bicyclic) bond motifs is 1. The van der Waals surface area contributed by atoms with Crippen molar-refractivity contribution < 1.29 is 44.0 Å².